The molecule has 0 saturated carbocycles. The summed E-state index contributed by atoms with van der Waals surface area (Å²) in [6.07, 6.45) is -3.29. The zero-order valence-electron chi connectivity index (χ0n) is 20.4. The van der Waals surface area contributed by atoms with Gasteiger partial charge in [-0.15, -0.1) is 0 Å². The summed E-state index contributed by atoms with van der Waals surface area (Å²) in [5.41, 5.74) is -1.49. The fourth-order valence-electron chi connectivity index (χ4n) is 4.20. The third kappa shape index (κ3) is 6.52. The Balaban J connectivity index is 1.50. The lowest BCUT2D eigenvalue weighted by Crippen LogP contribution is -2.50. The Hall–Kier alpha value is -4.03. The van der Waals surface area contributed by atoms with Crippen molar-refractivity contribution < 1.29 is 40.4 Å². The number of nitrogens with zero attached hydrogens (tertiary/aromatic N) is 4. The van der Waals surface area contributed by atoms with Gasteiger partial charge in [0, 0.05) is 23.9 Å². The highest BCUT2D eigenvalue weighted by molar-refractivity contribution is 5.81. The Bertz CT molecular complexity index is 1370. The number of hydrogen-bond donors (Lipinski definition) is 0. The lowest BCUT2D eigenvalue weighted by atomic mass is 9.87. The summed E-state index contributed by atoms with van der Waals surface area (Å²) in [6, 6.07) is 7.05. The molecule has 0 aliphatic carbocycles. The minimum absolute atomic E-state index is 0.0467. The molecule has 1 aromatic heterocycles. The third-order valence-electron chi connectivity index (χ3n) is 6.15. The topological polar surface area (TPSA) is 67.7 Å². The molecule has 1 atom stereocenters. The second kappa shape index (κ2) is 11.0. The minimum Gasteiger partial charge on any atom is -0.357 e. The first-order valence-corrected chi connectivity index (χ1v) is 11.6. The van der Waals surface area contributed by atoms with Crippen LogP contribution in [0.15, 0.2) is 53.8 Å². The monoisotopic (exact) mass is 554 g/mol. The molecule has 3 aromatic rings. The normalized spacial score (nSPS) is 17.4. The van der Waals surface area contributed by atoms with Gasteiger partial charge in [0.25, 0.3) is 5.92 Å². The molecule has 4 rings (SSSR count). The van der Waals surface area contributed by atoms with Crippen molar-refractivity contribution in [2.75, 3.05) is 13.1 Å². The molecule has 39 heavy (non-hydrogen) atoms. The number of piperidine rings is 1. The quantitative estimate of drug-likeness (QED) is 0.223. The summed E-state index contributed by atoms with van der Waals surface area (Å²) in [5.74, 6) is -7.73. The van der Waals surface area contributed by atoms with Gasteiger partial charge in [0.15, 0.2) is 5.75 Å². The van der Waals surface area contributed by atoms with Gasteiger partial charge in [0.1, 0.15) is 17.5 Å². The Kier molecular flexibility index (Phi) is 7.89. The highest BCUT2D eigenvalue weighted by Gasteiger charge is 2.48. The molecule has 1 aliphatic rings. The molecule has 206 valence electrons. The summed E-state index contributed by atoms with van der Waals surface area (Å²) < 4.78 is 97.3. The van der Waals surface area contributed by atoms with Gasteiger partial charge in [-0.3, -0.25) is 4.79 Å². The molecule has 6 nitrogen and oxygen atoms in total. The van der Waals surface area contributed by atoms with Gasteiger partial charge >= 0.3 is 6.18 Å². The number of carbonyl (C=O) groups excluding carboxylic acids is 1. The van der Waals surface area contributed by atoms with Gasteiger partial charge in [-0.25, -0.2) is 27.5 Å². The van der Waals surface area contributed by atoms with Crippen LogP contribution in [-0.4, -0.2) is 46.0 Å². The third-order valence-corrected chi connectivity index (χ3v) is 6.15. The molecule has 1 amide bonds. The number of amides is 1. The summed E-state index contributed by atoms with van der Waals surface area (Å²) in [5, 5.41) is 3.62. The van der Waals surface area contributed by atoms with Crippen LogP contribution in [0.5, 0.6) is 5.75 Å². The van der Waals surface area contributed by atoms with E-state index in [-0.39, 0.29) is 35.8 Å². The van der Waals surface area contributed by atoms with Crippen molar-refractivity contribution >= 4 is 12.1 Å². The molecule has 13 heteroatoms. The summed E-state index contributed by atoms with van der Waals surface area (Å²) in [7, 11) is 0. The van der Waals surface area contributed by atoms with Gasteiger partial charge in [-0.05, 0) is 43.7 Å². The van der Waals surface area contributed by atoms with Crippen LogP contribution in [0, 0.1) is 18.6 Å². The lowest BCUT2D eigenvalue weighted by molar-refractivity contribution is -0.143. The standard InChI is InChI=1S/C26H21F7N4O2/c1-15-34-12-16(13-35-39-18-5-2-4-17(10-18)26(31,32)33)24(36-15)20-8-9-37(14-25(20,29)30)23(38)11-19-21(27)6-3-7-22(19)28/h2-7,10,12-13,20H,8-9,11,14H2,1H3/b35-13+. The maximum Gasteiger partial charge on any atom is 0.416 e. The smallest absolute Gasteiger partial charge is 0.357 e. The van der Waals surface area contributed by atoms with Crippen LogP contribution in [0.4, 0.5) is 30.7 Å². The molecule has 0 N–H and O–H groups in total. The molecule has 1 fully saturated rings. The van der Waals surface area contributed by atoms with Crippen LogP contribution in [0.3, 0.4) is 0 Å². The summed E-state index contributed by atoms with van der Waals surface area (Å²) >= 11 is 0. The first-order valence-electron chi connectivity index (χ1n) is 11.6. The highest BCUT2D eigenvalue weighted by Crippen LogP contribution is 2.41. The number of alkyl halides is 5. The minimum atomic E-state index is -4.59. The Morgan fingerprint density at radius 1 is 1.18 bits per heavy atom. The second-order valence-corrected chi connectivity index (χ2v) is 8.90. The molecule has 0 bridgehead atoms. The predicted octanol–water partition coefficient (Wildman–Crippen LogP) is 5.69. The lowest BCUT2D eigenvalue weighted by Gasteiger charge is -2.38. The Morgan fingerprint density at radius 3 is 2.54 bits per heavy atom. The van der Waals surface area contributed by atoms with Crippen molar-refractivity contribution in [1.29, 1.82) is 0 Å². The average molecular weight is 554 g/mol. The van der Waals surface area contributed by atoms with Crippen molar-refractivity contribution in [3.05, 3.63) is 88.5 Å². The number of carbonyl (C=O) groups is 1. The number of halogens is 7. The molecule has 0 spiro atoms. The number of oxime groups is 1. The highest BCUT2D eigenvalue weighted by atomic mass is 19.4. The van der Waals surface area contributed by atoms with E-state index in [4.69, 9.17) is 4.84 Å². The molecule has 1 saturated heterocycles. The van der Waals surface area contributed by atoms with E-state index in [0.29, 0.717) is 0 Å². The molecule has 2 aromatic carbocycles. The van der Waals surface area contributed by atoms with E-state index in [1.54, 1.807) is 0 Å². The summed E-state index contributed by atoms with van der Waals surface area (Å²) in [6.45, 7) is 0.353. The van der Waals surface area contributed by atoms with Crippen LogP contribution in [0.25, 0.3) is 0 Å². The number of hydrogen-bond acceptors (Lipinski definition) is 5. The number of likely N-dealkylation sites (tertiary alicyclic amines) is 1. The van der Waals surface area contributed by atoms with E-state index in [0.717, 1.165) is 47.5 Å². The van der Waals surface area contributed by atoms with Gasteiger partial charge < -0.3 is 9.74 Å². The van der Waals surface area contributed by atoms with E-state index in [9.17, 15) is 26.7 Å². The van der Waals surface area contributed by atoms with E-state index in [1.807, 2.05) is 0 Å². The van der Waals surface area contributed by atoms with E-state index in [1.165, 1.54) is 19.2 Å². The van der Waals surface area contributed by atoms with E-state index < -0.39 is 59.7 Å². The first-order chi connectivity index (χ1) is 18.3. The molecule has 0 radical (unpaired) electrons. The van der Waals surface area contributed by atoms with Gasteiger partial charge in [-0.1, -0.05) is 17.3 Å². The van der Waals surface area contributed by atoms with Crippen LogP contribution in [0.2, 0.25) is 0 Å². The zero-order chi connectivity index (χ0) is 28.4. The van der Waals surface area contributed by atoms with Gasteiger partial charge in [0.2, 0.25) is 5.91 Å². The Morgan fingerprint density at radius 2 is 1.87 bits per heavy atom. The predicted molar refractivity (Wildman–Crippen MR) is 125 cm³/mol. The van der Waals surface area contributed by atoms with Crippen molar-refractivity contribution in [2.24, 2.45) is 5.16 Å². The maximum absolute atomic E-state index is 15.3. The Labute approximate surface area is 218 Å². The van der Waals surface area contributed by atoms with Gasteiger partial charge in [0.05, 0.1) is 36.4 Å². The molecular formula is C26H21F7N4O2. The molecule has 2 heterocycles. The van der Waals surface area contributed by atoms with Crippen LogP contribution in [-0.2, 0) is 17.4 Å². The zero-order valence-corrected chi connectivity index (χ0v) is 20.4. The van der Waals surface area contributed by atoms with Crippen LogP contribution >= 0.6 is 0 Å². The molecule has 1 unspecified atom stereocenters. The average Bonchev–Trinajstić information content (AvgIpc) is 2.86. The van der Waals surface area contributed by atoms with E-state index >= 15 is 8.78 Å². The number of aromatic nitrogens is 2. The largest absolute Gasteiger partial charge is 0.416 e. The van der Waals surface area contributed by atoms with Crippen LogP contribution in [0.1, 0.15) is 40.5 Å². The maximum atomic E-state index is 15.3. The first kappa shape index (κ1) is 28.0. The number of aryl methyl sites for hydroxylation is 1. The van der Waals surface area contributed by atoms with Crippen LogP contribution < -0.4 is 4.84 Å². The fraction of sp³-hybridized carbons (Fsp3) is 0.308. The molecule has 1 aliphatic heterocycles. The van der Waals surface area contributed by atoms with Crippen molar-refractivity contribution in [3.63, 3.8) is 0 Å². The fourth-order valence-corrected chi connectivity index (χ4v) is 4.20. The SMILES string of the molecule is Cc1ncc(/C=N/Oc2cccc(C(F)(F)F)c2)c(C2CCN(C(=O)Cc3c(F)cccc3F)CC2(F)F)n1. The van der Waals surface area contributed by atoms with Crippen molar-refractivity contribution in [1.82, 2.24) is 14.9 Å². The number of rotatable bonds is 6. The summed E-state index contributed by atoms with van der Waals surface area (Å²) in [4.78, 5) is 26.6. The van der Waals surface area contributed by atoms with Crippen molar-refractivity contribution in [2.45, 2.75) is 37.8 Å². The molecular weight excluding hydrogens is 533 g/mol. The van der Waals surface area contributed by atoms with Gasteiger partial charge in [-0.2, -0.15) is 13.2 Å². The van der Waals surface area contributed by atoms with Crippen molar-refractivity contribution in [3.8, 4) is 5.75 Å². The number of benzene rings is 2. The van der Waals surface area contributed by atoms with E-state index in [2.05, 4.69) is 15.1 Å². The second-order valence-electron chi connectivity index (χ2n) is 8.90.